The number of rotatable bonds is 4. The summed E-state index contributed by atoms with van der Waals surface area (Å²) in [7, 11) is 0. The number of phenolic OH excluding ortho intramolecular Hbond substituents is 5. The van der Waals surface area contributed by atoms with E-state index in [4.69, 9.17) is 4.74 Å². The van der Waals surface area contributed by atoms with Gasteiger partial charge in [-0.2, -0.15) is 0 Å². The molecule has 0 amide bonds. The van der Waals surface area contributed by atoms with E-state index in [1.807, 2.05) is 0 Å². The molecule has 0 saturated carbocycles. The van der Waals surface area contributed by atoms with E-state index >= 15 is 0 Å². The maximum Gasteiger partial charge on any atom is 0.169 e. The van der Waals surface area contributed by atoms with Gasteiger partial charge in [-0.25, -0.2) is 4.39 Å². The number of hydrogen-bond donors (Lipinski definition) is 5. The van der Waals surface area contributed by atoms with Gasteiger partial charge in [0, 0.05) is 6.07 Å². The van der Waals surface area contributed by atoms with Gasteiger partial charge in [-0.15, -0.1) is 0 Å². The molecule has 0 saturated heterocycles. The topological polar surface area (TPSA) is 110 Å². The molecular weight excluding hydrogens is 283 g/mol. The number of halogens is 1. The summed E-state index contributed by atoms with van der Waals surface area (Å²) >= 11 is 0. The molecule has 21 heavy (non-hydrogen) atoms. The summed E-state index contributed by atoms with van der Waals surface area (Å²) in [6.45, 7) is -1.03. The second-order valence-electron chi connectivity index (χ2n) is 4.21. The van der Waals surface area contributed by atoms with Gasteiger partial charge in [-0.1, -0.05) is 6.07 Å². The Balaban J connectivity index is 2.57. The maximum atomic E-state index is 12.1. The van der Waals surface area contributed by atoms with Crippen LogP contribution in [0.2, 0.25) is 0 Å². The summed E-state index contributed by atoms with van der Waals surface area (Å²) in [4.78, 5) is 0. The third-order valence-corrected chi connectivity index (χ3v) is 2.82. The van der Waals surface area contributed by atoms with Crippen molar-refractivity contribution in [3.8, 4) is 45.6 Å². The fourth-order valence-electron chi connectivity index (χ4n) is 1.84. The van der Waals surface area contributed by atoms with Gasteiger partial charge in [0.1, 0.15) is 13.3 Å². The minimum Gasteiger partial charge on any atom is -0.504 e. The Morgan fingerprint density at radius 2 is 1.48 bits per heavy atom. The van der Waals surface area contributed by atoms with Crippen LogP contribution in [0.15, 0.2) is 24.3 Å². The third-order valence-electron chi connectivity index (χ3n) is 2.82. The first kappa shape index (κ1) is 14.6. The van der Waals surface area contributed by atoms with Crippen molar-refractivity contribution in [2.75, 3.05) is 13.3 Å². The summed E-state index contributed by atoms with van der Waals surface area (Å²) in [5.41, 5.74) is -0.0829. The molecule has 5 N–H and O–H groups in total. The highest BCUT2D eigenvalue weighted by Crippen LogP contribution is 2.49. The van der Waals surface area contributed by atoms with Crippen molar-refractivity contribution in [1.29, 1.82) is 0 Å². The molecule has 0 unspecified atom stereocenters. The minimum atomic E-state index is -0.757. The lowest BCUT2D eigenvalue weighted by Gasteiger charge is -2.13. The summed E-state index contributed by atoms with van der Waals surface area (Å²) < 4.78 is 17.1. The monoisotopic (exact) mass is 296 g/mol. The Morgan fingerprint density at radius 3 is 2.05 bits per heavy atom. The Hall–Kier alpha value is -2.83. The highest BCUT2D eigenvalue weighted by Gasteiger charge is 2.19. The minimum absolute atomic E-state index is 0.0632. The van der Waals surface area contributed by atoms with E-state index in [1.54, 1.807) is 0 Å². The number of phenols is 5. The van der Waals surface area contributed by atoms with Crippen molar-refractivity contribution in [3.63, 3.8) is 0 Å². The van der Waals surface area contributed by atoms with E-state index in [0.717, 1.165) is 6.07 Å². The first-order valence-corrected chi connectivity index (χ1v) is 5.94. The van der Waals surface area contributed by atoms with Gasteiger partial charge in [-0.3, -0.25) is 0 Å². The third kappa shape index (κ3) is 2.71. The average molecular weight is 296 g/mol. The van der Waals surface area contributed by atoms with Crippen molar-refractivity contribution in [2.24, 2.45) is 0 Å². The van der Waals surface area contributed by atoms with Crippen LogP contribution in [0.5, 0.6) is 34.5 Å². The van der Waals surface area contributed by atoms with Crippen molar-refractivity contribution >= 4 is 0 Å². The summed E-state index contributed by atoms with van der Waals surface area (Å²) in [6.07, 6.45) is 0. The molecule has 2 aromatic carbocycles. The first-order chi connectivity index (χ1) is 9.95. The summed E-state index contributed by atoms with van der Waals surface area (Å²) in [5, 5.41) is 48.2. The van der Waals surface area contributed by atoms with Crippen LogP contribution < -0.4 is 4.74 Å². The maximum absolute atomic E-state index is 12.1. The van der Waals surface area contributed by atoms with E-state index in [0.29, 0.717) is 0 Å². The molecule has 0 fully saturated rings. The van der Waals surface area contributed by atoms with Crippen LogP contribution in [0.25, 0.3) is 11.1 Å². The molecule has 0 aromatic heterocycles. The molecule has 2 aromatic rings. The van der Waals surface area contributed by atoms with Crippen LogP contribution in [0, 0.1) is 0 Å². The highest BCUT2D eigenvalue weighted by molar-refractivity contribution is 5.82. The number of alkyl halides is 1. The lowest BCUT2D eigenvalue weighted by molar-refractivity contribution is 0.262. The van der Waals surface area contributed by atoms with Gasteiger partial charge >= 0.3 is 0 Å². The smallest absolute Gasteiger partial charge is 0.169 e. The van der Waals surface area contributed by atoms with E-state index in [1.165, 1.54) is 18.2 Å². The van der Waals surface area contributed by atoms with Crippen molar-refractivity contribution in [2.45, 2.75) is 0 Å². The molecule has 6 nitrogen and oxygen atoms in total. The molecular formula is C14H13FO6. The summed E-state index contributed by atoms with van der Waals surface area (Å²) in [6, 6.07) is 4.56. The van der Waals surface area contributed by atoms with Crippen LogP contribution in [0.3, 0.4) is 0 Å². The molecule has 7 heteroatoms. The van der Waals surface area contributed by atoms with Crippen molar-refractivity contribution in [1.82, 2.24) is 0 Å². The molecule has 0 aliphatic rings. The predicted molar refractivity (Wildman–Crippen MR) is 71.7 cm³/mol. The Bertz CT molecular complexity index is 645. The van der Waals surface area contributed by atoms with Crippen LogP contribution in [0.4, 0.5) is 4.39 Å². The fourth-order valence-corrected chi connectivity index (χ4v) is 1.84. The van der Waals surface area contributed by atoms with Gasteiger partial charge in [0.2, 0.25) is 0 Å². The Morgan fingerprint density at radius 1 is 0.857 bits per heavy atom. The second-order valence-corrected chi connectivity index (χ2v) is 4.21. The summed E-state index contributed by atoms with van der Waals surface area (Å²) in [5.74, 6) is -2.86. The van der Waals surface area contributed by atoms with Crippen LogP contribution in [-0.2, 0) is 0 Å². The SMILES string of the molecule is Oc1ccc(-c2c(O)c(O)cc(O)c2O)cc1OCCF. The lowest BCUT2D eigenvalue weighted by Crippen LogP contribution is -1.99. The van der Waals surface area contributed by atoms with Crippen LogP contribution in [0.1, 0.15) is 0 Å². The molecule has 0 bridgehead atoms. The molecule has 0 spiro atoms. The van der Waals surface area contributed by atoms with E-state index in [-0.39, 0.29) is 29.2 Å². The standard InChI is InChI=1S/C14H13FO6/c15-3-4-21-11-5-7(1-2-8(11)16)12-13(19)9(17)6-10(18)14(12)20/h1-2,5-6,16-20H,3-4H2. The largest absolute Gasteiger partial charge is 0.504 e. The zero-order chi connectivity index (χ0) is 15.6. The van der Waals surface area contributed by atoms with E-state index in [9.17, 15) is 29.9 Å². The van der Waals surface area contributed by atoms with Gasteiger partial charge in [-0.05, 0) is 17.7 Å². The second kappa shape index (κ2) is 5.66. The van der Waals surface area contributed by atoms with Crippen LogP contribution >= 0.6 is 0 Å². The molecule has 112 valence electrons. The van der Waals surface area contributed by atoms with Gasteiger partial charge < -0.3 is 30.3 Å². The fraction of sp³-hybridized carbons (Fsp3) is 0.143. The van der Waals surface area contributed by atoms with Gasteiger partial charge in [0.05, 0.1) is 5.56 Å². The molecule has 0 aliphatic heterocycles. The zero-order valence-corrected chi connectivity index (χ0v) is 10.7. The molecule has 0 heterocycles. The first-order valence-electron chi connectivity index (χ1n) is 5.94. The Labute approximate surface area is 118 Å². The molecule has 0 radical (unpaired) electrons. The number of hydrogen-bond acceptors (Lipinski definition) is 6. The number of ether oxygens (including phenoxy) is 1. The van der Waals surface area contributed by atoms with Crippen LogP contribution in [-0.4, -0.2) is 38.8 Å². The molecule has 0 atom stereocenters. The predicted octanol–water partition coefficient (Wildman–Crippen LogP) is 2.23. The quantitative estimate of drug-likeness (QED) is 0.437. The zero-order valence-electron chi connectivity index (χ0n) is 10.7. The van der Waals surface area contributed by atoms with Gasteiger partial charge in [0.25, 0.3) is 0 Å². The number of aromatic hydroxyl groups is 5. The van der Waals surface area contributed by atoms with Crippen molar-refractivity contribution < 1.29 is 34.7 Å². The molecule has 2 rings (SSSR count). The van der Waals surface area contributed by atoms with Crippen molar-refractivity contribution in [3.05, 3.63) is 24.3 Å². The van der Waals surface area contributed by atoms with Gasteiger partial charge in [0.15, 0.2) is 34.5 Å². The normalized spacial score (nSPS) is 10.5. The van der Waals surface area contributed by atoms with E-state index in [2.05, 4.69) is 0 Å². The molecule has 0 aliphatic carbocycles. The average Bonchev–Trinajstić information content (AvgIpc) is 2.45. The van der Waals surface area contributed by atoms with E-state index < -0.39 is 29.7 Å². The lowest BCUT2D eigenvalue weighted by atomic mass is 10.0. The highest BCUT2D eigenvalue weighted by atomic mass is 19.1. The Kier molecular flexibility index (Phi) is 3.93. The number of benzene rings is 2.